The monoisotopic (exact) mass is 503 g/mol. The van der Waals surface area contributed by atoms with Crippen molar-refractivity contribution in [2.75, 3.05) is 24.7 Å². The molecule has 0 aliphatic heterocycles. The van der Waals surface area contributed by atoms with E-state index in [1.165, 1.54) is 4.90 Å². The maximum Gasteiger partial charge on any atom is 0.418 e. The fourth-order valence-electron chi connectivity index (χ4n) is 4.85. The third-order valence-corrected chi connectivity index (χ3v) is 6.67. The first kappa shape index (κ1) is 26.2. The quantitative estimate of drug-likeness (QED) is 0.373. The molecular weight excluding hydrogens is 470 g/mol. The van der Waals surface area contributed by atoms with E-state index in [1.807, 2.05) is 85.8 Å². The number of hydrogen-bond acceptors (Lipinski definition) is 6. The van der Waals surface area contributed by atoms with Gasteiger partial charge in [0.15, 0.2) is 6.61 Å². The molecule has 37 heavy (non-hydrogen) atoms. The summed E-state index contributed by atoms with van der Waals surface area (Å²) in [6.07, 6.45) is 1.09. The van der Waals surface area contributed by atoms with Crippen LogP contribution < -0.4 is 9.64 Å². The van der Waals surface area contributed by atoms with E-state index >= 15 is 0 Å². The number of amides is 1. The average Bonchev–Trinajstić information content (AvgIpc) is 2.90. The number of carbonyl (C=O) groups excluding carboxylic acids is 2. The molecular formula is C30H33NO6. The van der Waals surface area contributed by atoms with Crippen molar-refractivity contribution in [1.29, 1.82) is 0 Å². The highest BCUT2D eigenvalue weighted by atomic mass is 16.6. The zero-order valence-corrected chi connectivity index (χ0v) is 21.3. The van der Waals surface area contributed by atoms with Crippen molar-refractivity contribution in [3.63, 3.8) is 0 Å². The Hall–Kier alpha value is -3.84. The summed E-state index contributed by atoms with van der Waals surface area (Å²) in [5.41, 5.74) is 2.34. The highest BCUT2D eigenvalue weighted by Gasteiger charge is 2.39. The van der Waals surface area contributed by atoms with Crippen molar-refractivity contribution in [2.24, 2.45) is 0 Å². The van der Waals surface area contributed by atoms with Crippen LogP contribution in [0.5, 0.6) is 5.75 Å². The number of nitrogens with zero attached hydrogens (tertiary/aromatic N) is 1. The topological polar surface area (TPSA) is 85.3 Å². The molecule has 0 aromatic heterocycles. The third kappa shape index (κ3) is 6.30. The zero-order valence-electron chi connectivity index (χ0n) is 21.3. The van der Waals surface area contributed by atoms with E-state index in [1.54, 1.807) is 6.92 Å². The van der Waals surface area contributed by atoms with Crippen LogP contribution in [0.15, 0.2) is 78.9 Å². The Balaban J connectivity index is 1.48. The standard InChI is InChI=1S/C30H33NO6/c1-3-35-28(32)21-37-27-16-10-15-24-25(27)17-19-30(2,34)26(24)18-20-36-29(33)31(22-11-6-4-7-12-22)23-13-8-5-9-14-23/h4-16,26,34H,3,17-21H2,1-2H3. The van der Waals surface area contributed by atoms with E-state index in [9.17, 15) is 14.7 Å². The Morgan fingerprint density at radius 1 is 0.946 bits per heavy atom. The van der Waals surface area contributed by atoms with Crippen LogP contribution in [0.1, 0.15) is 43.7 Å². The molecule has 0 bridgehead atoms. The predicted molar refractivity (Wildman–Crippen MR) is 141 cm³/mol. The molecule has 3 aromatic carbocycles. The van der Waals surface area contributed by atoms with Gasteiger partial charge in [0, 0.05) is 5.92 Å². The molecule has 4 rings (SSSR count). The molecule has 0 spiro atoms. The van der Waals surface area contributed by atoms with Crippen LogP contribution in [0.2, 0.25) is 0 Å². The lowest BCUT2D eigenvalue weighted by atomic mass is 9.71. The summed E-state index contributed by atoms with van der Waals surface area (Å²) < 4.78 is 16.5. The summed E-state index contributed by atoms with van der Waals surface area (Å²) in [5, 5.41) is 11.2. The van der Waals surface area contributed by atoms with E-state index in [-0.39, 0.29) is 19.1 Å². The minimum absolute atomic E-state index is 0.128. The van der Waals surface area contributed by atoms with Gasteiger partial charge >= 0.3 is 12.1 Å². The Bertz CT molecular complexity index is 1160. The van der Waals surface area contributed by atoms with Crippen molar-refractivity contribution in [3.05, 3.63) is 90.0 Å². The van der Waals surface area contributed by atoms with Crippen molar-refractivity contribution in [1.82, 2.24) is 0 Å². The van der Waals surface area contributed by atoms with Crippen molar-refractivity contribution < 1.29 is 28.9 Å². The van der Waals surface area contributed by atoms with E-state index in [2.05, 4.69) is 0 Å². The molecule has 0 heterocycles. The van der Waals surface area contributed by atoms with Crippen LogP contribution in [0.3, 0.4) is 0 Å². The molecule has 0 radical (unpaired) electrons. The summed E-state index contributed by atoms with van der Waals surface area (Å²) in [6, 6.07) is 24.3. The van der Waals surface area contributed by atoms with Crippen LogP contribution in [-0.4, -0.2) is 42.6 Å². The first-order valence-electron chi connectivity index (χ1n) is 12.6. The van der Waals surface area contributed by atoms with E-state index in [0.717, 1.165) is 11.1 Å². The Morgan fingerprint density at radius 2 is 1.59 bits per heavy atom. The molecule has 194 valence electrons. The lowest BCUT2D eigenvalue weighted by molar-refractivity contribution is -0.145. The molecule has 0 saturated carbocycles. The maximum absolute atomic E-state index is 13.2. The molecule has 1 amide bonds. The Labute approximate surface area is 217 Å². The van der Waals surface area contributed by atoms with Gasteiger partial charge < -0.3 is 19.3 Å². The van der Waals surface area contributed by atoms with Crippen LogP contribution in [0.25, 0.3) is 0 Å². The molecule has 2 unspecified atom stereocenters. The molecule has 1 N–H and O–H groups in total. The first-order valence-corrected chi connectivity index (χ1v) is 12.6. The van der Waals surface area contributed by atoms with Gasteiger partial charge in [0.05, 0.1) is 30.2 Å². The number of anilines is 2. The van der Waals surface area contributed by atoms with Crippen LogP contribution in [0.4, 0.5) is 16.2 Å². The fraction of sp³-hybridized carbons (Fsp3) is 0.333. The lowest BCUT2D eigenvalue weighted by Crippen LogP contribution is -2.38. The molecule has 2 atom stereocenters. The summed E-state index contributed by atoms with van der Waals surface area (Å²) in [4.78, 5) is 26.5. The second-order valence-corrected chi connectivity index (χ2v) is 9.24. The van der Waals surface area contributed by atoms with E-state index in [4.69, 9.17) is 14.2 Å². The van der Waals surface area contributed by atoms with Gasteiger partial charge in [-0.1, -0.05) is 48.5 Å². The number of esters is 1. The smallest absolute Gasteiger partial charge is 0.418 e. The minimum Gasteiger partial charge on any atom is -0.482 e. The molecule has 7 nitrogen and oxygen atoms in total. The summed E-state index contributed by atoms with van der Waals surface area (Å²) in [6.45, 7) is 3.82. The first-order chi connectivity index (χ1) is 17.9. The average molecular weight is 504 g/mol. The maximum atomic E-state index is 13.2. The molecule has 3 aromatic rings. The molecule has 7 heteroatoms. The third-order valence-electron chi connectivity index (χ3n) is 6.67. The second kappa shape index (κ2) is 11.9. The van der Waals surface area contributed by atoms with E-state index in [0.29, 0.717) is 43.0 Å². The van der Waals surface area contributed by atoms with Crippen LogP contribution >= 0.6 is 0 Å². The van der Waals surface area contributed by atoms with Crippen molar-refractivity contribution in [3.8, 4) is 5.75 Å². The van der Waals surface area contributed by atoms with Gasteiger partial charge in [-0.05, 0) is 74.6 Å². The SMILES string of the molecule is CCOC(=O)COc1cccc2c1CCC(C)(O)C2CCOC(=O)N(c1ccccc1)c1ccccc1. The fourth-order valence-corrected chi connectivity index (χ4v) is 4.85. The molecule has 1 aliphatic rings. The van der Waals surface area contributed by atoms with Gasteiger partial charge in [0.1, 0.15) is 5.75 Å². The summed E-state index contributed by atoms with van der Waals surface area (Å²) >= 11 is 0. The highest BCUT2D eigenvalue weighted by molar-refractivity contribution is 5.95. The molecule has 0 fully saturated rings. The minimum atomic E-state index is -0.974. The van der Waals surface area contributed by atoms with Gasteiger partial charge in [-0.15, -0.1) is 0 Å². The van der Waals surface area contributed by atoms with Gasteiger partial charge in [-0.2, -0.15) is 0 Å². The van der Waals surface area contributed by atoms with Gasteiger partial charge in [0.2, 0.25) is 0 Å². The largest absolute Gasteiger partial charge is 0.482 e. The van der Waals surface area contributed by atoms with Crippen LogP contribution in [-0.2, 0) is 20.7 Å². The molecule has 1 aliphatic carbocycles. The van der Waals surface area contributed by atoms with Gasteiger partial charge in [0.25, 0.3) is 0 Å². The van der Waals surface area contributed by atoms with Crippen molar-refractivity contribution >= 4 is 23.4 Å². The Kier molecular flexibility index (Phi) is 8.46. The normalized spacial score (nSPS) is 18.4. The number of fused-ring (bicyclic) bond motifs is 1. The number of rotatable bonds is 9. The second-order valence-electron chi connectivity index (χ2n) is 9.24. The lowest BCUT2D eigenvalue weighted by Gasteiger charge is -2.39. The highest BCUT2D eigenvalue weighted by Crippen LogP contribution is 2.44. The van der Waals surface area contributed by atoms with Crippen LogP contribution in [0, 0.1) is 0 Å². The van der Waals surface area contributed by atoms with E-state index < -0.39 is 17.7 Å². The van der Waals surface area contributed by atoms with Gasteiger partial charge in [-0.25, -0.2) is 14.5 Å². The van der Waals surface area contributed by atoms with Gasteiger partial charge in [-0.3, -0.25) is 0 Å². The summed E-state index contributed by atoms with van der Waals surface area (Å²) in [7, 11) is 0. The number of para-hydroxylation sites is 2. The van der Waals surface area contributed by atoms with Crippen molar-refractivity contribution in [2.45, 2.75) is 44.6 Å². The number of benzene rings is 3. The zero-order chi connectivity index (χ0) is 26.3. The number of aliphatic hydroxyl groups is 1. The number of carbonyl (C=O) groups is 2. The number of ether oxygens (including phenoxy) is 3. The number of hydrogen-bond donors (Lipinski definition) is 1. The molecule has 0 saturated heterocycles. The predicted octanol–water partition coefficient (Wildman–Crippen LogP) is 5.77. The Morgan fingerprint density at radius 3 is 2.22 bits per heavy atom. The summed E-state index contributed by atoms with van der Waals surface area (Å²) in [5.74, 6) is -0.0766.